The van der Waals surface area contributed by atoms with Gasteiger partial charge in [-0.25, -0.2) is 0 Å². The first-order valence-electron chi connectivity index (χ1n) is 6.75. The minimum absolute atomic E-state index is 0.172. The summed E-state index contributed by atoms with van der Waals surface area (Å²) in [4.78, 5) is 16.4. The zero-order chi connectivity index (χ0) is 14.7. The van der Waals surface area contributed by atoms with Crippen LogP contribution in [-0.2, 0) is 4.74 Å². The summed E-state index contributed by atoms with van der Waals surface area (Å²) in [6, 6.07) is 1.94. The molecular formula is C13H18InN3O3. The van der Waals surface area contributed by atoms with Gasteiger partial charge in [-0.3, -0.25) is 0 Å². The van der Waals surface area contributed by atoms with E-state index in [1.807, 2.05) is 19.9 Å². The molecule has 0 aromatic carbocycles. The molecule has 0 amide bonds. The van der Waals surface area contributed by atoms with Crippen LogP contribution in [0.1, 0.15) is 45.7 Å². The van der Waals surface area contributed by atoms with Gasteiger partial charge in [0, 0.05) is 0 Å². The van der Waals surface area contributed by atoms with Crippen LogP contribution >= 0.6 is 0 Å². The van der Waals surface area contributed by atoms with Gasteiger partial charge in [0.2, 0.25) is 0 Å². The third kappa shape index (κ3) is 2.83. The van der Waals surface area contributed by atoms with Gasteiger partial charge in [0.15, 0.2) is 0 Å². The number of carbonyl (C=O) groups excluding carboxylic acids is 1. The number of fused-ring (bicyclic) bond motifs is 1. The Bertz CT molecular complexity index is 623. The molecule has 106 valence electrons. The molecule has 2 rings (SSSR count). The first kappa shape index (κ1) is 15.3. The van der Waals surface area contributed by atoms with Crippen LogP contribution in [0.5, 0.6) is 0 Å². The molecule has 2 heterocycles. The Morgan fingerprint density at radius 2 is 2.30 bits per heavy atom. The predicted octanol–water partition coefficient (Wildman–Crippen LogP) is 1.01. The molecule has 6 nitrogen and oxygen atoms in total. The number of esters is 1. The maximum atomic E-state index is 11.9. The minimum atomic E-state index is -1.81. The SMILES string of the molecule is CCOC(=O)c1cnn2c(C)cc([CH](CC)[InH][OH])nc12. The fraction of sp³-hybridized carbons (Fsp3) is 0.462. The van der Waals surface area contributed by atoms with E-state index in [1.165, 1.54) is 6.20 Å². The average Bonchev–Trinajstić information content (AvgIpc) is 2.85. The quantitative estimate of drug-likeness (QED) is 0.785. The summed E-state index contributed by atoms with van der Waals surface area (Å²) in [5.74, 6) is -0.410. The molecule has 7 heteroatoms. The topological polar surface area (TPSA) is 76.7 Å². The second-order valence-corrected chi connectivity index (χ2v) is 8.48. The van der Waals surface area contributed by atoms with E-state index in [1.54, 1.807) is 11.4 Å². The van der Waals surface area contributed by atoms with Crippen molar-refractivity contribution in [2.24, 2.45) is 0 Å². The molecular weight excluding hydrogens is 361 g/mol. The van der Waals surface area contributed by atoms with E-state index in [2.05, 4.69) is 10.1 Å². The fourth-order valence-corrected chi connectivity index (χ4v) is 4.00. The normalized spacial score (nSPS) is 12.4. The zero-order valence-corrected chi connectivity index (χ0v) is 16.0. The Hall–Kier alpha value is -1.08. The predicted molar refractivity (Wildman–Crippen MR) is 76.1 cm³/mol. The number of nitrogens with zero attached hydrogens (tertiary/aromatic N) is 3. The van der Waals surface area contributed by atoms with Crippen molar-refractivity contribution in [2.75, 3.05) is 6.61 Å². The van der Waals surface area contributed by atoms with Crippen molar-refractivity contribution in [1.82, 2.24) is 14.6 Å². The van der Waals surface area contributed by atoms with Crippen LogP contribution in [0.25, 0.3) is 5.65 Å². The number of hydrogen-bond donors (Lipinski definition) is 1. The van der Waals surface area contributed by atoms with Crippen molar-refractivity contribution < 1.29 is 12.8 Å². The molecule has 20 heavy (non-hydrogen) atoms. The number of carbonyl (C=O) groups is 1. The summed E-state index contributed by atoms with van der Waals surface area (Å²) >= 11 is -1.81. The molecule has 0 aliphatic heterocycles. The molecule has 1 unspecified atom stereocenters. The summed E-state index contributed by atoms with van der Waals surface area (Å²) in [7, 11) is 0. The Labute approximate surface area is 129 Å². The molecule has 1 N–H and O–H groups in total. The van der Waals surface area contributed by atoms with E-state index in [0.717, 1.165) is 17.8 Å². The van der Waals surface area contributed by atoms with Crippen molar-refractivity contribution in [3.8, 4) is 0 Å². The Kier molecular flexibility index (Phi) is 5.04. The van der Waals surface area contributed by atoms with Gasteiger partial charge in [0.25, 0.3) is 0 Å². The van der Waals surface area contributed by atoms with Crippen LogP contribution in [0.2, 0.25) is 0 Å². The second-order valence-electron chi connectivity index (χ2n) is 4.62. The van der Waals surface area contributed by atoms with Crippen molar-refractivity contribution >= 4 is 35.0 Å². The van der Waals surface area contributed by atoms with Gasteiger partial charge in [0.05, 0.1) is 0 Å². The molecule has 2 aromatic rings. The number of aromatic nitrogens is 3. The fourth-order valence-electron chi connectivity index (χ4n) is 2.13. The molecule has 0 spiro atoms. The van der Waals surface area contributed by atoms with Crippen LogP contribution in [0.4, 0.5) is 0 Å². The summed E-state index contributed by atoms with van der Waals surface area (Å²) in [5, 5.41) is 4.18. The van der Waals surface area contributed by atoms with Gasteiger partial charge in [0.1, 0.15) is 0 Å². The third-order valence-corrected chi connectivity index (χ3v) is 7.40. The molecule has 1 atom stereocenters. The van der Waals surface area contributed by atoms with Gasteiger partial charge >= 0.3 is 129 Å². The molecule has 0 aliphatic carbocycles. The van der Waals surface area contributed by atoms with Crippen molar-refractivity contribution in [2.45, 2.75) is 30.9 Å². The summed E-state index contributed by atoms with van der Waals surface area (Å²) in [5.41, 5.74) is 2.65. The van der Waals surface area contributed by atoms with E-state index < -0.39 is 29.3 Å². The van der Waals surface area contributed by atoms with Crippen LogP contribution in [-0.4, -0.2) is 53.7 Å². The van der Waals surface area contributed by atoms with Gasteiger partial charge in [-0.15, -0.1) is 0 Å². The van der Waals surface area contributed by atoms with Gasteiger partial charge in [-0.05, 0) is 0 Å². The second kappa shape index (κ2) is 6.58. The van der Waals surface area contributed by atoms with E-state index in [0.29, 0.717) is 17.8 Å². The monoisotopic (exact) mass is 379 g/mol. The number of ether oxygens (including phenoxy) is 1. The molecule has 0 saturated carbocycles. The maximum absolute atomic E-state index is 11.9. The van der Waals surface area contributed by atoms with Crippen LogP contribution in [0.15, 0.2) is 12.3 Å². The van der Waals surface area contributed by atoms with Crippen molar-refractivity contribution in [3.63, 3.8) is 0 Å². The molecule has 0 bridgehead atoms. The molecule has 2 aromatic heterocycles. The van der Waals surface area contributed by atoms with Gasteiger partial charge < -0.3 is 0 Å². The van der Waals surface area contributed by atoms with Crippen LogP contribution < -0.4 is 0 Å². The van der Waals surface area contributed by atoms with Gasteiger partial charge in [-0.2, -0.15) is 0 Å². The first-order valence-corrected chi connectivity index (χ1v) is 10.9. The Balaban J connectivity index is 2.55. The molecule has 0 aliphatic rings. The van der Waals surface area contributed by atoms with E-state index in [-0.39, 0.29) is 3.67 Å². The van der Waals surface area contributed by atoms with Gasteiger partial charge in [-0.1, -0.05) is 0 Å². The molecule has 0 fully saturated rings. The van der Waals surface area contributed by atoms with Crippen LogP contribution in [0.3, 0.4) is 0 Å². The first-order chi connectivity index (χ1) is 9.62. The molecule has 0 radical (unpaired) electrons. The standard InChI is InChI=1S/C13H16N3O2.In.H2O.H/c1-4-6-10-7-9(3)16-12(15-10)11(8-14-16)13(17)18-5-2;;;/h6-8H,4-5H2,1-3H3;;1H2;/q;+1;;/p-1. The third-order valence-electron chi connectivity index (χ3n) is 3.30. The Morgan fingerprint density at radius 1 is 1.55 bits per heavy atom. The summed E-state index contributed by atoms with van der Waals surface area (Å²) in [6.07, 6.45) is 2.36. The number of rotatable bonds is 5. The van der Waals surface area contributed by atoms with Crippen molar-refractivity contribution in [1.29, 1.82) is 0 Å². The number of aryl methyl sites for hydroxylation is 1. The van der Waals surface area contributed by atoms with Crippen molar-refractivity contribution in [3.05, 3.63) is 29.2 Å². The molecule has 0 saturated heterocycles. The summed E-state index contributed by atoms with van der Waals surface area (Å²) in [6.45, 7) is 6.04. The van der Waals surface area contributed by atoms with Crippen LogP contribution in [0, 0.1) is 6.92 Å². The Morgan fingerprint density at radius 3 is 2.90 bits per heavy atom. The summed E-state index contributed by atoms with van der Waals surface area (Å²) < 4.78 is 16.4. The zero-order valence-electron chi connectivity index (χ0n) is 12.0. The van der Waals surface area contributed by atoms with E-state index in [4.69, 9.17) is 4.74 Å². The average molecular weight is 379 g/mol. The van der Waals surface area contributed by atoms with E-state index >= 15 is 0 Å². The van der Waals surface area contributed by atoms with E-state index in [9.17, 15) is 8.02 Å². The number of hydrogen-bond acceptors (Lipinski definition) is 5.